The van der Waals surface area contributed by atoms with Crippen molar-refractivity contribution in [1.82, 2.24) is 10.6 Å². The minimum Gasteiger partial charge on any atom is -0.491 e. The summed E-state index contributed by atoms with van der Waals surface area (Å²) in [4.78, 5) is 15.9. The predicted molar refractivity (Wildman–Crippen MR) is 115 cm³/mol. The second kappa shape index (κ2) is 11.7. The molecule has 0 spiro atoms. The van der Waals surface area contributed by atoms with Crippen molar-refractivity contribution in [3.63, 3.8) is 0 Å². The fraction of sp³-hybridized carbons (Fsp3) is 0.364. The van der Waals surface area contributed by atoms with Gasteiger partial charge >= 0.3 is 0 Å². The van der Waals surface area contributed by atoms with Crippen LogP contribution >= 0.6 is 0 Å². The molecule has 0 unspecified atom stereocenters. The minimum absolute atomic E-state index is 0.432. The van der Waals surface area contributed by atoms with E-state index in [9.17, 15) is 4.79 Å². The quantitative estimate of drug-likeness (QED) is 0.324. The highest BCUT2D eigenvalue weighted by Gasteiger charge is 2.07. The first kappa shape index (κ1) is 22.2. The average molecular weight is 399 g/mol. The van der Waals surface area contributed by atoms with Gasteiger partial charge in [0.15, 0.2) is 5.96 Å². The summed E-state index contributed by atoms with van der Waals surface area (Å²) in [5.41, 5.74) is 8.91. The van der Waals surface area contributed by atoms with Crippen LogP contribution in [-0.2, 0) is 17.8 Å². The lowest BCUT2D eigenvalue weighted by molar-refractivity contribution is 0.1000. The summed E-state index contributed by atoms with van der Waals surface area (Å²) in [5.74, 6) is 1.07. The Morgan fingerprint density at radius 3 is 2.69 bits per heavy atom. The second-order valence-electron chi connectivity index (χ2n) is 6.57. The van der Waals surface area contributed by atoms with Gasteiger partial charge in [0.25, 0.3) is 0 Å². The Balaban J connectivity index is 2.06. The first-order chi connectivity index (χ1) is 14.0. The normalized spacial score (nSPS) is 11.2. The number of rotatable bonds is 10. The number of ether oxygens (including phenoxy) is 2. The zero-order chi connectivity index (χ0) is 21.1. The van der Waals surface area contributed by atoms with Gasteiger partial charge in [-0.2, -0.15) is 0 Å². The van der Waals surface area contributed by atoms with E-state index in [-0.39, 0.29) is 0 Å². The molecule has 0 saturated heterocycles. The lowest BCUT2D eigenvalue weighted by Gasteiger charge is -2.15. The molecule has 0 fully saturated rings. The molecule has 156 valence electrons. The zero-order valence-electron chi connectivity index (χ0n) is 17.3. The number of hydrogen-bond acceptors (Lipinski definition) is 4. The van der Waals surface area contributed by atoms with Crippen LogP contribution in [0.1, 0.15) is 34.0 Å². The van der Waals surface area contributed by atoms with Crippen molar-refractivity contribution in [2.45, 2.75) is 26.9 Å². The fourth-order valence-corrected chi connectivity index (χ4v) is 2.69. The molecule has 7 nitrogen and oxygen atoms in total. The van der Waals surface area contributed by atoms with Gasteiger partial charge < -0.3 is 25.8 Å². The van der Waals surface area contributed by atoms with Gasteiger partial charge in [-0.3, -0.25) is 4.79 Å². The van der Waals surface area contributed by atoms with Crippen molar-refractivity contribution >= 4 is 11.9 Å². The molecule has 0 aliphatic rings. The van der Waals surface area contributed by atoms with E-state index >= 15 is 0 Å². The van der Waals surface area contributed by atoms with Gasteiger partial charge in [-0.25, -0.2) is 4.99 Å². The van der Waals surface area contributed by atoms with E-state index in [0.717, 1.165) is 29.0 Å². The van der Waals surface area contributed by atoms with E-state index in [2.05, 4.69) is 21.7 Å². The molecule has 0 heterocycles. The van der Waals surface area contributed by atoms with Crippen LogP contribution in [0.25, 0.3) is 0 Å². The van der Waals surface area contributed by atoms with Crippen LogP contribution in [0.2, 0.25) is 0 Å². The smallest absolute Gasteiger partial charge is 0.248 e. The molecule has 2 aromatic carbocycles. The van der Waals surface area contributed by atoms with Gasteiger partial charge in [-0.05, 0) is 43.2 Å². The number of methoxy groups -OCH3 is 1. The zero-order valence-corrected chi connectivity index (χ0v) is 17.3. The van der Waals surface area contributed by atoms with Crippen molar-refractivity contribution in [3.05, 3.63) is 64.7 Å². The molecule has 0 radical (unpaired) electrons. The molecule has 4 N–H and O–H groups in total. The third-order valence-electron chi connectivity index (χ3n) is 4.19. The van der Waals surface area contributed by atoms with Crippen molar-refractivity contribution in [2.24, 2.45) is 10.7 Å². The second-order valence-corrected chi connectivity index (χ2v) is 6.57. The van der Waals surface area contributed by atoms with Crippen LogP contribution < -0.4 is 21.1 Å². The van der Waals surface area contributed by atoms with Crippen molar-refractivity contribution in [1.29, 1.82) is 0 Å². The van der Waals surface area contributed by atoms with Gasteiger partial charge in [0.1, 0.15) is 12.4 Å². The Hall–Kier alpha value is -3.06. The fourth-order valence-electron chi connectivity index (χ4n) is 2.69. The van der Waals surface area contributed by atoms with Gasteiger partial charge in [0.2, 0.25) is 5.91 Å². The number of nitrogens with zero attached hydrogens (tertiary/aromatic N) is 1. The maximum Gasteiger partial charge on any atom is 0.248 e. The van der Waals surface area contributed by atoms with Crippen LogP contribution in [-0.4, -0.2) is 38.7 Å². The standard InChI is InChI=1S/C22H30N4O3/c1-4-24-22(25-14-17-6-5-7-18(13-17)21(23)27)26-15-19-9-8-16(2)12-20(19)29-11-10-28-3/h5-9,12-13H,4,10-11,14-15H2,1-3H3,(H2,23,27)(H2,24,25,26). The van der Waals surface area contributed by atoms with E-state index in [1.807, 2.05) is 32.0 Å². The number of nitrogens with one attached hydrogen (secondary N) is 2. The third-order valence-corrected chi connectivity index (χ3v) is 4.19. The van der Waals surface area contributed by atoms with Crippen LogP contribution in [0, 0.1) is 6.92 Å². The van der Waals surface area contributed by atoms with Gasteiger partial charge in [0, 0.05) is 31.3 Å². The number of aryl methyl sites for hydroxylation is 1. The molecule has 7 heteroatoms. The maximum absolute atomic E-state index is 11.3. The summed E-state index contributed by atoms with van der Waals surface area (Å²) in [7, 11) is 1.65. The van der Waals surface area contributed by atoms with E-state index < -0.39 is 5.91 Å². The predicted octanol–water partition coefficient (Wildman–Crippen LogP) is 2.37. The molecule has 0 aromatic heterocycles. The minimum atomic E-state index is -0.443. The van der Waals surface area contributed by atoms with Crippen LogP contribution in [0.3, 0.4) is 0 Å². The Labute approximate surface area is 172 Å². The number of guanidine groups is 1. The van der Waals surface area contributed by atoms with Crippen LogP contribution in [0.15, 0.2) is 47.5 Å². The number of nitrogens with two attached hydrogens (primary N) is 1. The van der Waals surface area contributed by atoms with E-state index in [1.165, 1.54) is 0 Å². The maximum atomic E-state index is 11.3. The van der Waals surface area contributed by atoms with Gasteiger partial charge in [-0.1, -0.05) is 24.3 Å². The first-order valence-electron chi connectivity index (χ1n) is 9.65. The largest absolute Gasteiger partial charge is 0.491 e. The van der Waals surface area contributed by atoms with E-state index in [4.69, 9.17) is 15.2 Å². The molecule has 2 aromatic rings. The van der Waals surface area contributed by atoms with Crippen LogP contribution in [0.4, 0.5) is 0 Å². The number of primary amides is 1. The first-order valence-corrected chi connectivity index (χ1v) is 9.65. The Morgan fingerprint density at radius 2 is 1.97 bits per heavy atom. The van der Waals surface area contributed by atoms with Gasteiger partial charge in [-0.15, -0.1) is 0 Å². The summed E-state index contributed by atoms with van der Waals surface area (Å²) < 4.78 is 10.9. The summed E-state index contributed by atoms with van der Waals surface area (Å²) in [6, 6.07) is 13.3. The molecule has 0 atom stereocenters. The number of aliphatic imine (C=N–C) groups is 1. The molecular formula is C22H30N4O3. The number of amides is 1. The molecule has 1 amide bonds. The van der Waals surface area contributed by atoms with Crippen molar-refractivity contribution < 1.29 is 14.3 Å². The van der Waals surface area contributed by atoms with Crippen molar-refractivity contribution in [2.75, 3.05) is 26.9 Å². The number of carbonyl (C=O) groups excluding carboxylic acids is 1. The summed E-state index contributed by atoms with van der Waals surface area (Å²) >= 11 is 0. The SMILES string of the molecule is CCNC(=NCc1cccc(C(N)=O)c1)NCc1ccc(C)cc1OCCOC. The molecule has 0 aliphatic heterocycles. The third kappa shape index (κ3) is 7.46. The summed E-state index contributed by atoms with van der Waals surface area (Å²) in [5, 5.41) is 6.56. The monoisotopic (exact) mass is 398 g/mol. The molecule has 0 saturated carbocycles. The van der Waals surface area contributed by atoms with Gasteiger partial charge in [0.05, 0.1) is 13.2 Å². The van der Waals surface area contributed by atoms with E-state index in [1.54, 1.807) is 25.3 Å². The lowest BCUT2D eigenvalue weighted by atomic mass is 10.1. The highest BCUT2D eigenvalue weighted by Crippen LogP contribution is 2.20. The summed E-state index contributed by atoms with van der Waals surface area (Å²) in [6.07, 6.45) is 0. The molecule has 2 rings (SSSR count). The Morgan fingerprint density at radius 1 is 1.14 bits per heavy atom. The number of carbonyl (C=O) groups is 1. The average Bonchev–Trinajstić information content (AvgIpc) is 2.71. The summed E-state index contributed by atoms with van der Waals surface area (Å²) in [6.45, 7) is 6.81. The molecular weight excluding hydrogens is 368 g/mol. The highest BCUT2D eigenvalue weighted by molar-refractivity contribution is 5.92. The number of hydrogen-bond donors (Lipinski definition) is 3. The lowest BCUT2D eigenvalue weighted by Crippen LogP contribution is -2.36. The Kier molecular flexibility index (Phi) is 8.98. The highest BCUT2D eigenvalue weighted by atomic mass is 16.5. The Bertz CT molecular complexity index is 837. The van der Waals surface area contributed by atoms with Crippen LogP contribution in [0.5, 0.6) is 5.75 Å². The molecule has 0 aliphatic carbocycles. The molecule has 0 bridgehead atoms. The number of benzene rings is 2. The van der Waals surface area contributed by atoms with Crippen molar-refractivity contribution in [3.8, 4) is 5.75 Å². The van der Waals surface area contributed by atoms with E-state index in [0.29, 0.717) is 37.8 Å². The topological polar surface area (TPSA) is 98.0 Å². The molecule has 29 heavy (non-hydrogen) atoms.